The predicted octanol–water partition coefficient (Wildman–Crippen LogP) is 1.54. The molecule has 1 heterocycles. The zero-order valence-electron chi connectivity index (χ0n) is 9.76. The molecule has 0 spiro atoms. The Kier molecular flexibility index (Phi) is 4.19. The van der Waals surface area contributed by atoms with Crippen molar-refractivity contribution in [2.45, 2.75) is 30.3 Å². The molecule has 1 aromatic heterocycles. The van der Waals surface area contributed by atoms with E-state index in [1.54, 1.807) is 12.3 Å². The molecule has 0 atom stereocenters. The molecule has 0 bridgehead atoms. The Morgan fingerprint density at radius 3 is 2.94 bits per heavy atom. The van der Waals surface area contributed by atoms with Gasteiger partial charge in [-0.3, -0.25) is 4.79 Å². The summed E-state index contributed by atoms with van der Waals surface area (Å²) in [6, 6.07) is 3.47. The Morgan fingerprint density at radius 2 is 2.28 bits per heavy atom. The number of aromatic carboxylic acids is 1. The SMILES string of the molecule is O=C(CCSc1ncccc1C(=O)O)NC1CC1. The van der Waals surface area contributed by atoms with Crippen molar-refractivity contribution in [3.8, 4) is 0 Å². The Morgan fingerprint density at radius 1 is 1.50 bits per heavy atom. The molecule has 0 unspecified atom stereocenters. The molecular formula is C12H14N2O3S. The third-order valence-electron chi connectivity index (χ3n) is 2.51. The van der Waals surface area contributed by atoms with Gasteiger partial charge in [-0.05, 0) is 25.0 Å². The number of hydrogen-bond acceptors (Lipinski definition) is 4. The highest BCUT2D eigenvalue weighted by Gasteiger charge is 2.22. The number of rotatable bonds is 6. The Bertz CT molecular complexity index is 460. The van der Waals surface area contributed by atoms with Crippen molar-refractivity contribution >= 4 is 23.6 Å². The van der Waals surface area contributed by atoms with Crippen LogP contribution in [0.3, 0.4) is 0 Å². The van der Waals surface area contributed by atoms with Crippen LogP contribution in [0.5, 0.6) is 0 Å². The fourth-order valence-corrected chi connectivity index (χ4v) is 2.36. The van der Waals surface area contributed by atoms with Crippen LogP contribution in [0.25, 0.3) is 0 Å². The quantitative estimate of drug-likeness (QED) is 0.763. The maximum absolute atomic E-state index is 11.4. The van der Waals surface area contributed by atoms with E-state index in [2.05, 4.69) is 10.3 Å². The number of carbonyl (C=O) groups is 2. The molecule has 0 radical (unpaired) electrons. The molecule has 2 rings (SSSR count). The monoisotopic (exact) mass is 266 g/mol. The van der Waals surface area contributed by atoms with Crippen molar-refractivity contribution in [3.05, 3.63) is 23.9 Å². The van der Waals surface area contributed by atoms with Crippen molar-refractivity contribution < 1.29 is 14.7 Å². The van der Waals surface area contributed by atoms with Gasteiger partial charge in [0.1, 0.15) is 5.03 Å². The summed E-state index contributed by atoms with van der Waals surface area (Å²) in [4.78, 5) is 26.4. The van der Waals surface area contributed by atoms with Crippen molar-refractivity contribution in [1.29, 1.82) is 0 Å². The largest absolute Gasteiger partial charge is 0.478 e. The first-order chi connectivity index (χ1) is 8.66. The highest BCUT2D eigenvalue weighted by atomic mass is 32.2. The second kappa shape index (κ2) is 5.86. The van der Waals surface area contributed by atoms with Gasteiger partial charge in [0, 0.05) is 24.4 Å². The zero-order chi connectivity index (χ0) is 13.0. The number of carboxylic acid groups (broad SMARTS) is 1. The van der Waals surface area contributed by atoms with Gasteiger partial charge < -0.3 is 10.4 Å². The smallest absolute Gasteiger partial charge is 0.338 e. The van der Waals surface area contributed by atoms with E-state index in [9.17, 15) is 9.59 Å². The second-order valence-electron chi connectivity index (χ2n) is 4.10. The Balaban J connectivity index is 1.82. The zero-order valence-corrected chi connectivity index (χ0v) is 10.6. The third-order valence-corrected chi connectivity index (χ3v) is 3.52. The number of nitrogens with zero attached hydrogens (tertiary/aromatic N) is 1. The lowest BCUT2D eigenvalue weighted by molar-refractivity contribution is -0.120. The van der Waals surface area contributed by atoms with Crippen LogP contribution in [0.15, 0.2) is 23.4 Å². The summed E-state index contributed by atoms with van der Waals surface area (Å²) >= 11 is 1.30. The highest BCUT2D eigenvalue weighted by molar-refractivity contribution is 7.99. The normalized spacial score (nSPS) is 14.2. The minimum atomic E-state index is -0.993. The lowest BCUT2D eigenvalue weighted by Crippen LogP contribution is -2.25. The molecule has 1 fully saturated rings. The van der Waals surface area contributed by atoms with E-state index in [1.165, 1.54) is 17.8 Å². The van der Waals surface area contributed by atoms with Gasteiger partial charge in [0.25, 0.3) is 0 Å². The van der Waals surface area contributed by atoms with Gasteiger partial charge in [-0.25, -0.2) is 9.78 Å². The fraction of sp³-hybridized carbons (Fsp3) is 0.417. The van der Waals surface area contributed by atoms with Crippen LogP contribution in [0.2, 0.25) is 0 Å². The van der Waals surface area contributed by atoms with Gasteiger partial charge in [0.15, 0.2) is 0 Å². The number of carbonyl (C=O) groups excluding carboxylic acids is 1. The van der Waals surface area contributed by atoms with E-state index in [0.717, 1.165) is 12.8 Å². The van der Waals surface area contributed by atoms with Crippen molar-refractivity contribution in [1.82, 2.24) is 10.3 Å². The predicted molar refractivity (Wildman–Crippen MR) is 67.7 cm³/mol. The summed E-state index contributed by atoms with van der Waals surface area (Å²) in [5, 5.41) is 12.3. The molecular weight excluding hydrogens is 252 g/mol. The molecule has 0 aliphatic heterocycles. The van der Waals surface area contributed by atoms with Gasteiger partial charge in [0.05, 0.1) is 5.56 Å². The summed E-state index contributed by atoms with van der Waals surface area (Å²) in [7, 11) is 0. The molecule has 5 nitrogen and oxygen atoms in total. The van der Waals surface area contributed by atoms with Gasteiger partial charge in [-0.1, -0.05) is 0 Å². The summed E-state index contributed by atoms with van der Waals surface area (Å²) in [6.07, 6.45) is 4.08. The van der Waals surface area contributed by atoms with Crippen LogP contribution in [-0.4, -0.2) is 33.8 Å². The minimum absolute atomic E-state index is 0.0257. The molecule has 6 heteroatoms. The number of aromatic nitrogens is 1. The van der Waals surface area contributed by atoms with E-state index in [-0.39, 0.29) is 11.5 Å². The summed E-state index contributed by atoms with van der Waals surface area (Å²) in [5.74, 6) is -0.429. The van der Waals surface area contributed by atoms with Gasteiger partial charge in [-0.2, -0.15) is 0 Å². The number of carboxylic acids is 1. The van der Waals surface area contributed by atoms with Crippen molar-refractivity contribution in [3.63, 3.8) is 0 Å². The second-order valence-corrected chi connectivity index (χ2v) is 5.19. The molecule has 1 aromatic rings. The number of nitrogens with one attached hydrogen (secondary N) is 1. The van der Waals surface area contributed by atoms with E-state index >= 15 is 0 Å². The number of amides is 1. The van der Waals surface area contributed by atoms with Crippen LogP contribution in [0, 0.1) is 0 Å². The molecule has 1 saturated carbocycles. The summed E-state index contributed by atoms with van der Waals surface area (Å²) < 4.78 is 0. The molecule has 1 amide bonds. The lowest BCUT2D eigenvalue weighted by atomic mass is 10.3. The van der Waals surface area contributed by atoms with Crippen LogP contribution in [0.1, 0.15) is 29.6 Å². The molecule has 18 heavy (non-hydrogen) atoms. The average Bonchev–Trinajstić information content (AvgIpc) is 3.13. The molecule has 0 saturated heterocycles. The minimum Gasteiger partial charge on any atom is -0.478 e. The summed E-state index contributed by atoms with van der Waals surface area (Å²) in [6.45, 7) is 0. The van der Waals surface area contributed by atoms with Crippen LogP contribution in [0.4, 0.5) is 0 Å². The van der Waals surface area contributed by atoms with Crippen LogP contribution in [-0.2, 0) is 4.79 Å². The molecule has 2 N–H and O–H groups in total. The first kappa shape index (κ1) is 12.9. The van der Waals surface area contributed by atoms with E-state index in [0.29, 0.717) is 23.2 Å². The van der Waals surface area contributed by atoms with E-state index in [1.807, 2.05) is 0 Å². The fourth-order valence-electron chi connectivity index (χ4n) is 1.44. The van der Waals surface area contributed by atoms with Crippen molar-refractivity contribution in [2.24, 2.45) is 0 Å². The van der Waals surface area contributed by atoms with E-state index < -0.39 is 5.97 Å². The standard InChI is InChI=1S/C12H14N2O3S/c15-10(14-8-3-4-8)5-7-18-11-9(12(16)17)2-1-6-13-11/h1-2,6,8H,3-5,7H2,(H,14,15)(H,16,17). The first-order valence-electron chi connectivity index (χ1n) is 5.77. The Labute approximate surface area is 109 Å². The molecule has 1 aliphatic carbocycles. The highest BCUT2D eigenvalue weighted by Crippen LogP contribution is 2.22. The maximum Gasteiger partial charge on any atom is 0.338 e. The topological polar surface area (TPSA) is 79.3 Å². The van der Waals surface area contributed by atoms with Crippen LogP contribution >= 0.6 is 11.8 Å². The number of pyridine rings is 1. The van der Waals surface area contributed by atoms with Crippen molar-refractivity contribution in [2.75, 3.05) is 5.75 Å². The van der Waals surface area contributed by atoms with E-state index in [4.69, 9.17) is 5.11 Å². The average molecular weight is 266 g/mol. The lowest BCUT2D eigenvalue weighted by Gasteiger charge is -2.05. The van der Waals surface area contributed by atoms with Gasteiger partial charge in [-0.15, -0.1) is 11.8 Å². The molecule has 1 aliphatic rings. The summed E-state index contributed by atoms with van der Waals surface area (Å²) in [5.41, 5.74) is 0.185. The third kappa shape index (κ3) is 3.73. The van der Waals surface area contributed by atoms with Crippen LogP contribution < -0.4 is 5.32 Å². The molecule has 96 valence electrons. The maximum atomic E-state index is 11.4. The first-order valence-corrected chi connectivity index (χ1v) is 6.76. The van der Waals surface area contributed by atoms with Gasteiger partial charge >= 0.3 is 5.97 Å². The Hall–Kier alpha value is -1.56. The van der Waals surface area contributed by atoms with Gasteiger partial charge in [0.2, 0.25) is 5.91 Å². The number of hydrogen-bond donors (Lipinski definition) is 2. The number of thioether (sulfide) groups is 1. The molecule has 0 aromatic carbocycles.